The smallest absolute Gasteiger partial charge is 0.265 e. The first-order valence-electron chi connectivity index (χ1n) is 10.5. The van der Waals surface area contributed by atoms with Crippen molar-refractivity contribution in [2.75, 3.05) is 37.8 Å². The van der Waals surface area contributed by atoms with Crippen molar-refractivity contribution in [3.05, 3.63) is 53.1 Å². The van der Waals surface area contributed by atoms with Crippen LogP contribution in [0.3, 0.4) is 0 Å². The number of hydrogen-bond donors (Lipinski definition) is 1. The highest BCUT2D eigenvalue weighted by Crippen LogP contribution is 2.45. The fraction of sp³-hybridized carbons (Fsp3) is 0.391. The van der Waals surface area contributed by atoms with Gasteiger partial charge in [-0.3, -0.25) is 9.69 Å². The highest BCUT2D eigenvalue weighted by molar-refractivity contribution is 7.90. The molecule has 2 heterocycles. The van der Waals surface area contributed by atoms with Crippen LogP contribution in [-0.4, -0.2) is 51.7 Å². The lowest BCUT2D eigenvalue weighted by molar-refractivity contribution is -0.122. The Balaban J connectivity index is 1.37. The van der Waals surface area contributed by atoms with Gasteiger partial charge >= 0.3 is 0 Å². The van der Waals surface area contributed by atoms with E-state index in [1.807, 2.05) is 0 Å². The number of carbonyl (C=O) groups excluding carboxylic acids is 1. The van der Waals surface area contributed by atoms with Crippen molar-refractivity contribution in [1.29, 1.82) is 5.26 Å². The van der Waals surface area contributed by atoms with Crippen molar-refractivity contribution in [2.24, 2.45) is 0 Å². The number of rotatable bonds is 6. The van der Waals surface area contributed by atoms with Gasteiger partial charge in [0.05, 0.1) is 21.9 Å². The lowest BCUT2D eigenvalue weighted by atomic mass is 9.73. The van der Waals surface area contributed by atoms with Crippen molar-refractivity contribution in [3.8, 4) is 11.8 Å². The number of halogens is 2. The van der Waals surface area contributed by atoms with E-state index in [0.717, 1.165) is 29.6 Å². The molecule has 0 aromatic heterocycles. The van der Waals surface area contributed by atoms with E-state index in [1.54, 1.807) is 18.2 Å². The summed E-state index contributed by atoms with van der Waals surface area (Å²) < 4.78 is 55.6. The molecule has 7 nitrogen and oxygen atoms in total. The second kappa shape index (κ2) is 8.72. The van der Waals surface area contributed by atoms with Crippen LogP contribution in [0.5, 0.6) is 5.75 Å². The number of sulfone groups is 1. The molecule has 2 aromatic rings. The van der Waals surface area contributed by atoms with Gasteiger partial charge in [0.15, 0.2) is 9.84 Å². The highest BCUT2D eigenvalue weighted by atomic mass is 32.2. The third kappa shape index (κ3) is 4.43. The van der Waals surface area contributed by atoms with Gasteiger partial charge < -0.3 is 10.1 Å². The Morgan fingerprint density at radius 3 is 2.58 bits per heavy atom. The van der Waals surface area contributed by atoms with Crippen molar-refractivity contribution in [2.45, 2.75) is 29.6 Å². The zero-order valence-corrected chi connectivity index (χ0v) is 18.8. The monoisotopic (exact) mass is 475 g/mol. The lowest BCUT2D eigenvalue weighted by Crippen LogP contribution is -2.47. The largest absolute Gasteiger partial charge is 0.492 e. The van der Waals surface area contributed by atoms with Gasteiger partial charge in [0.25, 0.3) is 6.43 Å². The number of nitriles is 1. The molecule has 2 aliphatic heterocycles. The van der Waals surface area contributed by atoms with E-state index in [0.29, 0.717) is 38.0 Å². The van der Waals surface area contributed by atoms with Crippen LogP contribution in [0.2, 0.25) is 0 Å². The van der Waals surface area contributed by atoms with Crippen LogP contribution >= 0.6 is 0 Å². The molecule has 33 heavy (non-hydrogen) atoms. The van der Waals surface area contributed by atoms with Crippen molar-refractivity contribution < 1.29 is 26.7 Å². The van der Waals surface area contributed by atoms with Crippen LogP contribution in [0.25, 0.3) is 0 Å². The van der Waals surface area contributed by atoms with Crippen LogP contribution in [0.15, 0.2) is 41.3 Å². The summed E-state index contributed by atoms with van der Waals surface area (Å²) in [6, 6.07) is 10.9. The molecule has 1 fully saturated rings. The summed E-state index contributed by atoms with van der Waals surface area (Å²) in [4.78, 5) is 14.5. The van der Waals surface area contributed by atoms with Crippen LogP contribution in [-0.2, 0) is 20.0 Å². The number of likely N-dealkylation sites (tertiary alicyclic amines) is 1. The number of fused-ring (bicyclic) bond motifs is 2. The summed E-state index contributed by atoms with van der Waals surface area (Å²) in [6.07, 6.45) is -0.848. The molecule has 1 amide bonds. The molecule has 0 bridgehead atoms. The topological polar surface area (TPSA) is 99.5 Å². The van der Waals surface area contributed by atoms with Gasteiger partial charge in [0.1, 0.15) is 12.4 Å². The van der Waals surface area contributed by atoms with Crippen LogP contribution in [0.4, 0.5) is 14.5 Å². The summed E-state index contributed by atoms with van der Waals surface area (Å²) in [5, 5.41) is 12.1. The molecule has 0 aliphatic carbocycles. The van der Waals surface area contributed by atoms with E-state index in [1.165, 1.54) is 6.07 Å². The minimum Gasteiger partial charge on any atom is -0.492 e. The second-order valence-electron chi connectivity index (χ2n) is 8.37. The number of benzene rings is 2. The summed E-state index contributed by atoms with van der Waals surface area (Å²) in [6.45, 7) is 2.04. The van der Waals surface area contributed by atoms with Crippen molar-refractivity contribution in [3.63, 3.8) is 0 Å². The molecule has 1 N–H and O–H groups in total. The summed E-state index contributed by atoms with van der Waals surface area (Å²) in [5.74, 6) is 0.133. The molecular formula is C23H23F2N3O4S. The standard InChI is InChI=1S/C23H23F2N3O4S/c1-33(30,31)20-5-3-16(13-17(20)21(24)25)32-11-10-28-8-6-23(7-9-28)18-12-15(14-26)2-4-19(18)27-22(23)29/h2-5,12-13,21H,6-11H2,1H3,(H,27,29). The van der Waals surface area contributed by atoms with Crippen molar-refractivity contribution in [1.82, 2.24) is 4.90 Å². The number of nitrogens with zero attached hydrogens (tertiary/aromatic N) is 2. The quantitative estimate of drug-likeness (QED) is 0.689. The Kier molecular flexibility index (Phi) is 6.12. The second-order valence-corrected chi connectivity index (χ2v) is 10.4. The summed E-state index contributed by atoms with van der Waals surface area (Å²) in [5.41, 5.74) is 0.923. The van der Waals surface area contributed by atoms with Gasteiger partial charge in [0.2, 0.25) is 5.91 Å². The maximum Gasteiger partial charge on any atom is 0.265 e. The maximum absolute atomic E-state index is 13.3. The average Bonchev–Trinajstić information content (AvgIpc) is 3.04. The van der Waals surface area contributed by atoms with Gasteiger partial charge in [-0.1, -0.05) is 0 Å². The Bertz CT molecular complexity index is 1230. The minimum atomic E-state index is -3.77. The third-order valence-corrected chi connectivity index (χ3v) is 7.52. The molecule has 0 saturated carbocycles. The average molecular weight is 476 g/mol. The van der Waals surface area contributed by atoms with E-state index >= 15 is 0 Å². The van der Waals surface area contributed by atoms with Crippen LogP contribution < -0.4 is 10.1 Å². The van der Waals surface area contributed by atoms with Crippen LogP contribution in [0, 0.1) is 11.3 Å². The zero-order chi connectivity index (χ0) is 23.8. The number of alkyl halides is 2. The molecule has 2 aliphatic rings. The molecule has 1 spiro atoms. The fourth-order valence-electron chi connectivity index (χ4n) is 4.55. The van der Waals surface area contributed by atoms with Crippen molar-refractivity contribution >= 4 is 21.4 Å². The number of ether oxygens (including phenoxy) is 1. The Morgan fingerprint density at radius 1 is 1.21 bits per heavy atom. The third-order valence-electron chi connectivity index (χ3n) is 6.35. The van der Waals surface area contributed by atoms with E-state index in [9.17, 15) is 27.3 Å². The first-order chi connectivity index (χ1) is 15.6. The van der Waals surface area contributed by atoms with Gasteiger partial charge in [-0.05, 0) is 67.9 Å². The molecule has 2 aromatic carbocycles. The molecule has 4 rings (SSSR count). The van der Waals surface area contributed by atoms with E-state index < -0.39 is 32.1 Å². The van der Waals surface area contributed by atoms with Gasteiger partial charge in [-0.15, -0.1) is 0 Å². The maximum atomic E-state index is 13.3. The normalized spacial score (nSPS) is 17.6. The Hall–Kier alpha value is -3.03. The molecule has 1 saturated heterocycles. The number of piperidine rings is 1. The van der Waals surface area contributed by atoms with E-state index in [2.05, 4.69) is 16.3 Å². The number of nitrogens with one attached hydrogen (secondary N) is 1. The van der Waals surface area contributed by atoms with Gasteiger partial charge in [0, 0.05) is 24.1 Å². The van der Waals surface area contributed by atoms with E-state index in [4.69, 9.17) is 4.74 Å². The first kappa shape index (κ1) is 23.1. The zero-order valence-electron chi connectivity index (χ0n) is 18.0. The minimum absolute atomic E-state index is 0.0472. The number of anilines is 1. The molecule has 0 radical (unpaired) electrons. The van der Waals surface area contributed by atoms with Gasteiger partial charge in [-0.2, -0.15) is 5.26 Å². The molecule has 0 unspecified atom stereocenters. The molecule has 174 valence electrons. The van der Waals surface area contributed by atoms with Crippen LogP contribution in [0.1, 0.15) is 36.0 Å². The number of hydrogen-bond acceptors (Lipinski definition) is 6. The number of carbonyl (C=O) groups is 1. The lowest BCUT2D eigenvalue weighted by Gasteiger charge is -2.38. The van der Waals surface area contributed by atoms with E-state index in [-0.39, 0.29) is 18.3 Å². The molecule has 10 heteroatoms. The predicted octanol–water partition coefficient (Wildman–Crippen LogP) is 3.26. The summed E-state index contributed by atoms with van der Waals surface area (Å²) >= 11 is 0. The highest BCUT2D eigenvalue weighted by Gasteiger charge is 2.48. The fourth-order valence-corrected chi connectivity index (χ4v) is 5.45. The summed E-state index contributed by atoms with van der Waals surface area (Å²) in [7, 11) is -3.77. The predicted molar refractivity (Wildman–Crippen MR) is 117 cm³/mol. The SMILES string of the molecule is CS(=O)(=O)c1ccc(OCCN2CCC3(CC2)C(=O)Nc2ccc(C#N)cc23)cc1C(F)F. The number of amides is 1. The van der Waals surface area contributed by atoms with Gasteiger partial charge in [-0.25, -0.2) is 17.2 Å². The Labute approximate surface area is 190 Å². The Morgan fingerprint density at radius 2 is 1.94 bits per heavy atom. The molecular weight excluding hydrogens is 452 g/mol. The molecule has 0 atom stereocenters. The first-order valence-corrected chi connectivity index (χ1v) is 12.4.